The van der Waals surface area contributed by atoms with Gasteiger partial charge < -0.3 is 25.2 Å². The number of aromatic hydroxyl groups is 1. The summed E-state index contributed by atoms with van der Waals surface area (Å²) in [6, 6.07) is 4.45. The van der Waals surface area contributed by atoms with Gasteiger partial charge in [-0.15, -0.1) is 0 Å². The van der Waals surface area contributed by atoms with Gasteiger partial charge in [-0.25, -0.2) is 0 Å². The van der Waals surface area contributed by atoms with E-state index in [0.717, 1.165) is 4.47 Å². The molecule has 0 radical (unpaired) electrons. The zero-order valence-corrected chi connectivity index (χ0v) is 14.1. The predicted octanol–water partition coefficient (Wildman–Crippen LogP) is 1.59. The number of benzene rings is 1. The van der Waals surface area contributed by atoms with E-state index in [4.69, 9.17) is 15.2 Å². The highest BCUT2D eigenvalue weighted by Gasteiger charge is 2.26. The van der Waals surface area contributed by atoms with Crippen LogP contribution in [0.2, 0.25) is 0 Å². The van der Waals surface area contributed by atoms with Crippen molar-refractivity contribution in [3.63, 3.8) is 0 Å². The highest BCUT2D eigenvalue weighted by Crippen LogP contribution is 2.23. The van der Waals surface area contributed by atoms with Crippen molar-refractivity contribution in [2.24, 2.45) is 5.73 Å². The maximum atomic E-state index is 12.5. The zero-order valence-electron chi connectivity index (χ0n) is 12.5. The standard InChI is InChI=1S/C15H21BrN2O4/c1-2-18(9-10-7-11(16)3-4-13(10)19)15(20)12(17)8-14-21-5-6-22-14/h3-4,7,12,14,19H,2,5-6,8-9,17H2,1H3. The lowest BCUT2D eigenvalue weighted by molar-refractivity contribution is -0.135. The Hall–Kier alpha value is -1.15. The zero-order chi connectivity index (χ0) is 16.1. The van der Waals surface area contributed by atoms with Gasteiger partial charge in [0.25, 0.3) is 0 Å². The molecular formula is C15H21BrN2O4. The molecule has 1 fully saturated rings. The van der Waals surface area contributed by atoms with E-state index in [2.05, 4.69) is 15.9 Å². The molecular weight excluding hydrogens is 352 g/mol. The molecule has 1 saturated heterocycles. The number of ether oxygens (including phenoxy) is 2. The minimum atomic E-state index is -0.683. The van der Waals surface area contributed by atoms with Gasteiger partial charge in [0.05, 0.1) is 19.3 Å². The van der Waals surface area contributed by atoms with Crippen molar-refractivity contribution in [3.05, 3.63) is 28.2 Å². The number of phenolic OH excluding ortho intramolecular Hbond substituents is 1. The Balaban J connectivity index is 2.00. The van der Waals surface area contributed by atoms with Gasteiger partial charge in [0.2, 0.25) is 5.91 Å². The molecule has 1 atom stereocenters. The lowest BCUT2D eigenvalue weighted by Gasteiger charge is -2.25. The number of carbonyl (C=O) groups is 1. The van der Waals surface area contributed by atoms with Gasteiger partial charge in [0.15, 0.2) is 6.29 Å². The molecule has 122 valence electrons. The number of hydrogen-bond donors (Lipinski definition) is 2. The first-order chi connectivity index (χ1) is 10.5. The van der Waals surface area contributed by atoms with Gasteiger partial charge in [-0.3, -0.25) is 4.79 Å². The first-order valence-corrected chi connectivity index (χ1v) is 8.05. The van der Waals surface area contributed by atoms with E-state index in [1.165, 1.54) is 0 Å². The fourth-order valence-electron chi connectivity index (χ4n) is 2.32. The van der Waals surface area contributed by atoms with Crippen LogP contribution in [-0.4, -0.2) is 48.0 Å². The second-order valence-corrected chi connectivity index (χ2v) is 6.05. The number of nitrogens with two attached hydrogens (primary N) is 1. The van der Waals surface area contributed by atoms with E-state index < -0.39 is 12.3 Å². The number of likely N-dealkylation sites (N-methyl/N-ethyl adjacent to an activating group) is 1. The third-order valence-corrected chi connectivity index (χ3v) is 4.04. The van der Waals surface area contributed by atoms with Gasteiger partial charge in [0, 0.05) is 29.5 Å². The largest absolute Gasteiger partial charge is 0.508 e. The van der Waals surface area contributed by atoms with Crippen LogP contribution in [0, 0.1) is 0 Å². The van der Waals surface area contributed by atoms with Crippen LogP contribution in [0.15, 0.2) is 22.7 Å². The van der Waals surface area contributed by atoms with Crippen LogP contribution in [-0.2, 0) is 20.8 Å². The minimum Gasteiger partial charge on any atom is -0.508 e. The molecule has 1 aromatic rings. The summed E-state index contributed by atoms with van der Waals surface area (Å²) in [6.45, 7) is 3.76. The summed E-state index contributed by atoms with van der Waals surface area (Å²) < 4.78 is 11.5. The van der Waals surface area contributed by atoms with Gasteiger partial charge >= 0.3 is 0 Å². The lowest BCUT2D eigenvalue weighted by atomic mass is 10.1. The Morgan fingerprint density at radius 3 is 2.82 bits per heavy atom. The quantitative estimate of drug-likeness (QED) is 0.791. The molecule has 0 saturated carbocycles. The van der Waals surface area contributed by atoms with E-state index in [1.807, 2.05) is 6.92 Å². The molecule has 1 heterocycles. The molecule has 1 aromatic carbocycles. The number of rotatable bonds is 6. The average Bonchev–Trinajstić information content (AvgIpc) is 3.00. The van der Waals surface area contributed by atoms with Crippen LogP contribution in [0.5, 0.6) is 5.75 Å². The monoisotopic (exact) mass is 372 g/mol. The molecule has 1 unspecified atom stereocenters. The first-order valence-electron chi connectivity index (χ1n) is 7.26. The fourth-order valence-corrected chi connectivity index (χ4v) is 2.73. The SMILES string of the molecule is CCN(Cc1cc(Br)ccc1O)C(=O)C(N)CC1OCCO1. The molecule has 1 aliphatic heterocycles. The molecule has 0 spiro atoms. The van der Waals surface area contributed by atoms with Crippen LogP contribution in [0.4, 0.5) is 0 Å². The normalized spacial score (nSPS) is 16.7. The Morgan fingerprint density at radius 2 is 2.18 bits per heavy atom. The molecule has 3 N–H and O–H groups in total. The molecule has 1 aliphatic rings. The summed E-state index contributed by atoms with van der Waals surface area (Å²) in [5, 5.41) is 9.90. The third kappa shape index (κ3) is 4.42. The third-order valence-electron chi connectivity index (χ3n) is 3.55. The van der Waals surface area contributed by atoms with E-state index in [1.54, 1.807) is 23.1 Å². The minimum absolute atomic E-state index is 0.158. The van der Waals surface area contributed by atoms with Crippen molar-refractivity contribution in [2.75, 3.05) is 19.8 Å². The highest BCUT2D eigenvalue weighted by atomic mass is 79.9. The molecule has 0 bridgehead atoms. The van der Waals surface area contributed by atoms with Crippen molar-refractivity contribution in [1.29, 1.82) is 0 Å². The Kier molecular flexibility index (Phi) is 6.19. The molecule has 22 heavy (non-hydrogen) atoms. The number of nitrogens with zero attached hydrogens (tertiary/aromatic N) is 1. The second-order valence-electron chi connectivity index (χ2n) is 5.14. The number of phenols is 1. The summed E-state index contributed by atoms with van der Waals surface area (Å²) >= 11 is 3.36. The number of amides is 1. The molecule has 7 heteroatoms. The molecule has 1 amide bonds. The van der Waals surface area contributed by atoms with Gasteiger partial charge in [-0.2, -0.15) is 0 Å². The number of carbonyl (C=O) groups excluding carboxylic acids is 1. The molecule has 0 aliphatic carbocycles. The van der Waals surface area contributed by atoms with Crippen LogP contribution >= 0.6 is 15.9 Å². The fraction of sp³-hybridized carbons (Fsp3) is 0.533. The summed E-state index contributed by atoms with van der Waals surface area (Å²) in [5.74, 6) is -0.0218. The van der Waals surface area contributed by atoms with Crippen LogP contribution in [0.1, 0.15) is 18.9 Å². The molecule has 0 aromatic heterocycles. The van der Waals surface area contributed by atoms with Gasteiger partial charge in [-0.05, 0) is 25.1 Å². The van der Waals surface area contributed by atoms with Crippen molar-refractivity contribution in [2.45, 2.75) is 32.2 Å². The van der Waals surface area contributed by atoms with Crippen molar-refractivity contribution in [1.82, 2.24) is 4.90 Å². The van der Waals surface area contributed by atoms with E-state index in [-0.39, 0.29) is 11.7 Å². The van der Waals surface area contributed by atoms with Crippen LogP contribution < -0.4 is 5.73 Å². The van der Waals surface area contributed by atoms with Gasteiger partial charge in [0.1, 0.15) is 5.75 Å². The maximum Gasteiger partial charge on any atom is 0.239 e. The van der Waals surface area contributed by atoms with E-state index in [0.29, 0.717) is 38.3 Å². The van der Waals surface area contributed by atoms with Crippen molar-refractivity contribution in [3.8, 4) is 5.75 Å². The molecule has 2 rings (SSSR count). The van der Waals surface area contributed by atoms with Crippen LogP contribution in [0.25, 0.3) is 0 Å². The maximum absolute atomic E-state index is 12.5. The second kappa shape index (κ2) is 7.92. The van der Waals surface area contributed by atoms with Gasteiger partial charge in [-0.1, -0.05) is 15.9 Å². The Morgan fingerprint density at radius 1 is 1.50 bits per heavy atom. The summed E-state index contributed by atoms with van der Waals surface area (Å²) in [6.07, 6.45) is -0.0725. The van der Waals surface area contributed by atoms with Crippen molar-refractivity contribution >= 4 is 21.8 Å². The average molecular weight is 373 g/mol. The molecule has 6 nitrogen and oxygen atoms in total. The summed E-state index contributed by atoms with van der Waals surface area (Å²) in [7, 11) is 0. The predicted molar refractivity (Wildman–Crippen MR) is 85.2 cm³/mol. The highest BCUT2D eigenvalue weighted by molar-refractivity contribution is 9.10. The van der Waals surface area contributed by atoms with E-state index >= 15 is 0 Å². The summed E-state index contributed by atoms with van der Waals surface area (Å²) in [5.41, 5.74) is 6.64. The number of halogens is 1. The summed E-state index contributed by atoms with van der Waals surface area (Å²) in [4.78, 5) is 14.1. The van der Waals surface area contributed by atoms with Crippen LogP contribution in [0.3, 0.4) is 0 Å². The smallest absolute Gasteiger partial charge is 0.239 e. The van der Waals surface area contributed by atoms with E-state index in [9.17, 15) is 9.90 Å². The topological polar surface area (TPSA) is 85.0 Å². The first kappa shape index (κ1) is 17.2. The lowest BCUT2D eigenvalue weighted by Crippen LogP contribution is -2.45. The Labute approximate surface area is 138 Å². The Bertz CT molecular complexity index is 520. The number of hydrogen-bond acceptors (Lipinski definition) is 5. The van der Waals surface area contributed by atoms with Crippen molar-refractivity contribution < 1.29 is 19.4 Å².